The van der Waals surface area contributed by atoms with Crippen molar-refractivity contribution in [3.63, 3.8) is 0 Å². The van der Waals surface area contributed by atoms with Crippen molar-refractivity contribution in [3.8, 4) is 5.69 Å². The first-order valence-electron chi connectivity index (χ1n) is 10.4. The molecule has 0 fully saturated rings. The summed E-state index contributed by atoms with van der Waals surface area (Å²) in [6, 6.07) is 19.1. The first-order valence-corrected chi connectivity index (χ1v) is 11.8. The maximum Gasteiger partial charge on any atom is 0.269 e. The van der Waals surface area contributed by atoms with Gasteiger partial charge < -0.3 is 0 Å². The number of halogens is 1. The van der Waals surface area contributed by atoms with Crippen LogP contribution in [0.15, 0.2) is 76.7 Å². The zero-order valence-electron chi connectivity index (χ0n) is 18.5. The molecule has 0 unspecified atom stereocenters. The summed E-state index contributed by atoms with van der Waals surface area (Å²) in [6.45, 7) is 3.92. The van der Waals surface area contributed by atoms with Gasteiger partial charge in [0.25, 0.3) is 11.5 Å². The number of benzene rings is 3. The van der Waals surface area contributed by atoms with Crippen LogP contribution in [0.3, 0.4) is 0 Å². The van der Waals surface area contributed by atoms with Gasteiger partial charge in [0, 0.05) is 10.6 Å². The highest BCUT2D eigenvalue weighted by Gasteiger charge is 2.17. The van der Waals surface area contributed by atoms with Gasteiger partial charge in [-0.05, 0) is 67.4 Å². The van der Waals surface area contributed by atoms with Gasteiger partial charge in [0.2, 0.25) is 5.91 Å². The number of aryl methyl sites for hydroxylation is 1. The molecular formula is C25H21ClN4O3S. The van der Waals surface area contributed by atoms with Crippen LogP contribution in [0.1, 0.15) is 21.5 Å². The zero-order chi connectivity index (χ0) is 24.2. The fourth-order valence-electron chi connectivity index (χ4n) is 3.37. The Balaban J connectivity index is 1.57. The molecule has 0 aliphatic rings. The number of carbonyl (C=O) groups is 2. The van der Waals surface area contributed by atoms with Crippen LogP contribution in [0.4, 0.5) is 0 Å². The lowest BCUT2D eigenvalue weighted by Crippen LogP contribution is -2.42. The summed E-state index contributed by atoms with van der Waals surface area (Å²) in [5.41, 5.74) is 8.16. The monoisotopic (exact) mass is 492 g/mol. The van der Waals surface area contributed by atoms with Crippen molar-refractivity contribution in [2.75, 3.05) is 5.75 Å². The minimum atomic E-state index is -0.467. The van der Waals surface area contributed by atoms with E-state index in [1.54, 1.807) is 42.5 Å². The number of para-hydroxylation sites is 1. The molecule has 4 rings (SSSR count). The number of rotatable bonds is 5. The Morgan fingerprint density at radius 1 is 0.971 bits per heavy atom. The first-order chi connectivity index (χ1) is 16.3. The number of hydrogen-bond acceptors (Lipinski definition) is 5. The highest BCUT2D eigenvalue weighted by Crippen LogP contribution is 2.24. The molecule has 0 aliphatic heterocycles. The third-order valence-electron chi connectivity index (χ3n) is 5.32. The average molecular weight is 493 g/mol. The average Bonchev–Trinajstić information content (AvgIpc) is 2.84. The number of carbonyl (C=O) groups excluding carboxylic acids is 2. The first kappa shape index (κ1) is 23.5. The number of thioether (sulfide) groups is 1. The lowest BCUT2D eigenvalue weighted by Gasteiger charge is -2.16. The summed E-state index contributed by atoms with van der Waals surface area (Å²) in [4.78, 5) is 42.7. The van der Waals surface area contributed by atoms with Crippen LogP contribution in [-0.4, -0.2) is 27.1 Å². The maximum absolute atomic E-state index is 13.4. The molecular weight excluding hydrogens is 472 g/mol. The molecule has 4 aromatic rings. The molecule has 2 amide bonds. The molecule has 0 bridgehead atoms. The van der Waals surface area contributed by atoms with Crippen LogP contribution in [0.2, 0.25) is 5.02 Å². The molecule has 0 atom stereocenters. The van der Waals surface area contributed by atoms with Crippen molar-refractivity contribution >= 4 is 46.1 Å². The molecule has 0 aliphatic carbocycles. The van der Waals surface area contributed by atoms with Gasteiger partial charge in [0.15, 0.2) is 5.16 Å². The van der Waals surface area contributed by atoms with Crippen molar-refractivity contribution in [2.45, 2.75) is 19.0 Å². The predicted octanol–water partition coefficient (Wildman–Crippen LogP) is 4.21. The number of amides is 2. The summed E-state index contributed by atoms with van der Waals surface area (Å²) >= 11 is 6.95. The van der Waals surface area contributed by atoms with Crippen molar-refractivity contribution in [1.29, 1.82) is 0 Å². The largest absolute Gasteiger partial charge is 0.272 e. The highest BCUT2D eigenvalue weighted by molar-refractivity contribution is 7.99. The zero-order valence-corrected chi connectivity index (χ0v) is 20.0. The lowest BCUT2D eigenvalue weighted by atomic mass is 10.1. The normalized spacial score (nSPS) is 10.8. The van der Waals surface area contributed by atoms with Crippen LogP contribution in [0, 0.1) is 13.8 Å². The molecule has 1 heterocycles. The van der Waals surface area contributed by atoms with E-state index in [2.05, 4.69) is 15.8 Å². The van der Waals surface area contributed by atoms with Crippen molar-refractivity contribution < 1.29 is 9.59 Å². The molecule has 9 heteroatoms. The Morgan fingerprint density at radius 3 is 2.47 bits per heavy atom. The third-order valence-corrected chi connectivity index (χ3v) is 6.51. The van der Waals surface area contributed by atoms with Gasteiger partial charge in [0.1, 0.15) is 0 Å². The predicted molar refractivity (Wildman–Crippen MR) is 135 cm³/mol. The second-order valence-electron chi connectivity index (χ2n) is 7.57. The van der Waals surface area contributed by atoms with E-state index in [9.17, 15) is 14.4 Å². The Hall–Kier alpha value is -3.62. The number of fused-ring (bicyclic) bond motifs is 1. The number of nitrogens with zero attached hydrogens (tertiary/aromatic N) is 2. The minimum absolute atomic E-state index is 0.0590. The molecule has 0 saturated heterocycles. The van der Waals surface area contributed by atoms with Gasteiger partial charge in [-0.15, -0.1) is 0 Å². The van der Waals surface area contributed by atoms with E-state index in [1.165, 1.54) is 4.57 Å². The molecule has 7 nitrogen and oxygen atoms in total. The summed E-state index contributed by atoms with van der Waals surface area (Å²) in [7, 11) is 0. The Bertz CT molecular complexity index is 1450. The second kappa shape index (κ2) is 10.1. The van der Waals surface area contributed by atoms with Crippen molar-refractivity contribution in [1.82, 2.24) is 20.4 Å². The van der Waals surface area contributed by atoms with Crippen LogP contribution in [0.5, 0.6) is 0 Å². The number of aromatic nitrogens is 2. The van der Waals surface area contributed by atoms with Gasteiger partial charge in [-0.3, -0.25) is 29.8 Å². The van der Waals surface area contributed by atoms with Gasteiger partial charge in [-0.25, -0.2) is 4.98 Å². The van der Waals surface area contributed by atoms with Crippen LogP contribution >= 0.6 is 23.4 Å². The third kappa shape index (κ3) is 4.98. The van der Waals surface area contributed by atoms with Gasteiger partial charge in [0.05, 0.1) is 22.3 Å². The number of hydrazine groups is 1. The van der Waals surface area contributed by atoms with E-state index in [4.69, 9.17) is 11.6 Å². The summed E-state index contributed by atoms with van der Waals surface area (Å²) in [5, 5.41) is 1.39. The van der Waals surface area contributed by atoms with E-state index in [0.717, 1.165) is 22.9 Å². The van der Waals surface area contributed by atoms with Gasteiger partial charge >= 0.3 is 0 Å². The van der Waals surface area contributed by atoms with Crippen LogP contribution < -0.4 is 16.4 Å². The summed E-state index contributed by atoms with van der Waals surface area (Å²) < 4.78 is 1.54. The second-order valence-corrected chi connectivity index (χ2v) is 8.95. The van der Waals surface area contributed by atoms with E-state index in [1.807, 2.05) is 38.1 Å². The molecule has 0 radical (unpaired) electrons. The topological polar surface area (TPSA) is 93.1 Å². The molecule has 0 spiro atoms. The van der Waals surface area contributed by atoms with E-state index >= 15 is 0 Å². The van der Waals surface area contributed by atoms with Crippen molar-refractivity contribution in [2.24, 2.45) is 0 Å². The SMILES string of the molecule is Cc1cccc(-n2c(SCC(=O)NNC(=O)c3ccc(Cl)cc3)nc3ccccc3c2=O)c1C. The molecule has 3 aromatic carbocycles. The molecule has 1 aromatic heterocycles. The number of nitrogens with one attached hydrogen (secondary N) is 2. The highest BCUT2D eigenvalue weighted by atomic mass is 35.5. The summed E-state index contributed by atoms with van der Waals surface area (Å²) in [5.74, 6) is -0.968. The molecule has 172 valence electrons. The fraction of sp³-hybridized carbons (Fsp3) is 0.120. The Kier molecular flexibility index (Phi) is 7.00. The van der Waals surface area contributed by atoms with Crippen LogP contribution in [0.25, 0.3) is 16.6 Å². The molecule has 0 saturated carbocycles. The smallest absolute Gasteiger partial charge is 0.269 e. The Morgan fingerprint density at radius 2 is 1.71 bits per heavy atom. The van der Waals surface area contributed by atoms with Crippen molar-refractivity contribution in [3.05, 3.63) is 98.8 Å². The standard InChI is InChI=1S/C25H21ClN4O3S/c1-15-6-5-9-21(16(15)2)30-24(33)19-7-3-4-8-20(19)27-25(30)34-14-22(31)28-29-23(32)17-10-12-18(26)13-11-17/h3-13H,14H2,1-2H3,(H,28,31)(H,29,32). The molecule has 34 heavy (non-hydrogen) atoms. The molecule has 2 N–H and O–H groups in total. The lowest BCUT2D eigenvalue weighted by molar-refractivity contribution is -0.119. The Labute approximate surface area is 205 Å². The quantitative estimate of drug-likeness (QED) is 0.247. The number of hydrogen-bond donors (Lipinski definition) is 2. The van der Waals surface area contributed by atoms with E-state index in [0.29, 0.717) is 32.3 Å². The summed E-state index contributed by atoms with van der Waals surface area (Å²) in [6.07, 6.45) is 0. The van der Waals surface area contributed by atoms with Gasteiger partial charge in [-0.1, -0.05) is 47.6 Å². The minimum Gasteiger partial charge on any atom is -0.272 e. The van der Waals surface area contributed by atoms with Crippen LogP contribution in [-0.2, 0) is 4.79 Å². The maximum atomic E-state index is 13.4. The van der Waals surface area contributed by atoms with Gasteiger partial charge in [-0.2, -0.15) is 0 Å². The van der Waals surface area contributed by atoms with E-state index in [-0.39, 0.29) is 11.3 Å². The van der Waals surface area contributed by atoms with E-state index < -0.39 is 11.8 Å². The fourth-order valence-corrected chi connectivity index (χ4v) is 4.30.